The first-order valence-electron chi connectivity index (χ1n) is 7.55. The van der Waals surface area contributed by atoms with Crippen molar-refractivity contribution < 1.29 is 18.0 Å². The van der Waals surface area contributed by atoms with Crippen molar-refractivity contribution in [1.82, 2.24) is 9.38 Å². The minimum Gasteiger partial charge on any atom is -0.321 e. The number of pyridine rings is 1. The smallest absolute Gasteiger partial charge is 0.321 e. The van der Waals surface area contributed by atoms with E-state index in [1.54, 1.807) is 25.1 Å². The molecule has 2 heterocycles. The molecule has 0 aliphatic rings. The van der Waals surface area contributed by atoms with Gasteiger partial charge in [-0.15, -0.1) is 0 Å². The molecule has 0 saturated carbocycles. The predicted molar refractivity (Wildman–Crippen MR) is 94.0 cm³/mol. The fourth-order valence-electron chi connectivity index (χ4n) is 2.55. The van der Waals surface area contributed by atoms with Crippen molar-refractivity contribution >= 4 is 40.4 Å². The third kappa shape index (κ3) is 3.50. The first-order chi connectivity index (χ1) is 12.2. The number of anilines is 1. The molecule has 3 rings (SSSR count). The number of imidazole rings is 1. The highest BCUT2D eigenvalue weighted by molar-refractivity contribution is 6.33. The van der Waals surface area contributed by atoms with Crippen LogP contribution in [0.2, 0.25) is 10.0 Å². The summed E-state index contributed by atoms with van der Waals surface area (Å²) in [6, 6.07) is 7.22. The molecule has 0 aliphatic heterocycles. The van der Waals surface area contributed by atoms with Gasteiger partial charge in [0.2, 0.25) is 0 Å². The number of hydrogen-bond donors (Lipinski definition) is 1. The van der Waals surface area contributed by atoms with Gasteiger partial charge in [-0.05, 0) is 30.7 Å². The summed E-state index contributed by atoms with van der Waals surface area (Å²) in [5, 5.41) is 2.85. The van der Waals surface area contributed by atoms with Gasteiger partial charge in [0.1, 0.15) is 5.69 Å². The topological polar surface area (TPSA) is 46.4 Å². The number of nitrogens with zero attached hydrogens (tertiary/aromatic N) is 2. The van der Waals surface area contributed by atoms with Crippen LogP contribution in [0.1, 0.15) is 28.7 Å². The van der Waals surface area contributed by atoms with Crippen LogP contribution in [-0.2, 0) is 12.6 Å². The molecule has 1 amide bonds. The van der Waals surface area contributed by atoms with Crippen LogP contribution in [0.4, 0.5) is 18.9 Å². The van der Waals surface area contributed by atoms with Crippen LogP contribution in [0, 0.1) is 0 Å². The molecule has 0 radical (unpaired) electrons. The number of nitrogens with one attached hydrogen (secondary N) is 1. The number of alkyl halides is 3. The molecule has 9 heteroatoms. The highest BCUT2D eigenvalue weighted by Crippen LogP contribution is 2.33. The molecule has 136 valence electrons. The molecular weight excluding hydrogens is 390 g/mol. The van der Waals surface area contributed by atoms with Crippen LogP contribution in [0.15, 0.2) is 36.5 Å². The molecular formula is C17H12Cl2F3N3O. The maximum atomic E-state index is 13.1. The van der Waals surface area contributed by atoms with E-state index in [9.17, 15) is 18.0 Å². The summed E-state index contributed by atoms with van der Waals surface area (Å²) >= 11 is 11.9. The van der Waals surface area contributed by atoms with E-state index >= 15 is 0 Å². The molecule has 1 aromatic carbocycles. The number of halogens is 5. The average molecular weight is 402 g/mol. The molecule has 3 aromatic rings. The van der Waals surface area contributed by atoms with Gasteiger partial charge in [0.15, 0.2) is 5.65 Å². The molecule has 0 fully saturated rings. The first kappa shape index (κ1) is 18.5. The molecule has 0 bridgehead atoms. The molecule has 0 aliphatic carbocycles. The van der Waals surface area contributed by atoms with Gasteiger partial charge in [-0.2, -0.15) is 13.2 Å². The fourth-order valence-corrected chi connectivity index (χ4v) is 2.99. The zero-order chi connectivity index (χ0) is 19.1. The molecule has 0 spiro atoms. The Balaban J connectivity index is 2.14. The lowest BCUT2D eigenvalue weighted by atomic mass is 10.2. The van der Waals surface area contributed by atoms with Gasteiger partial charge in [0, 0.05) is 16.9 Å². The lowest BCUT2D eigenvalue weighted by Gasteiger charge is -2.10. The highest BCUT2D eigenvalue weighted by Gasteiger charge is 2.33. The Kier molecular flexibility index (Phi) is 4.86. The number of hydrogen-bond acceptors (Lipinski definition) is 2. The van der Waals surface area contributed by atoms with E-state index in [0.29, 0.717) is 22.8 Å². The van der Waals surface area contributed by atoms with Gasteiger partial charge in [-0.25, -0.2) is 4.98 Å². The number of carbonyl (C=O) groups excluding carboxylic acids is 1. The number of aromatic nitrogens is 2. The quantitative estimate of drug-likeness (QED) is 0.631. The van der Waals surface area contributed by atoms with E-state index in [-0.39, 0.29) is 16.4 Å². The fraction of sp³-hybridized carbons (Fsp3) is 0.176. The van der Waals surface area contributed by atoms with E-state index in [1.165, 1.54) is 6.07 Å². The second-order valence-electron chi connectivity index (χ2n) is 5.49. The monoisotopic (exact) mass is 401 g/mol. The molecule has 0 unspecified atom stereocenters. The van der Waals surface area contributed by atoms with Crippen LogP contribution in [0.5, 0.6) is 0 Å². The standard InChI is InChI=1S/C17H12Cl2F3N3O/c1-2-13-14(16(26)23-11-5-3-4-10(18)7-11)25-8-9(17(20,21)22)6-12(19)15(25)24-13/h3-8H,2H2,1H3,(H,23,26). The number of carbonyl (C=O) groups is 1. The van der Waals surface area contributed by atoms with Crippen LogP contribution in [-0.4, -0.2) is 15.3 Å². The van der Waals surface area contributed by atoms with Crippen molar-refractivity contribution in [2.45, 2.75) is 19.5 Å². The summed E-state index contributed by atoms with van der Waals surface area (Å²) in [7, 11) is 0. The van der Waals surface area contributed by atoms with E-state index < -0.39 is 17.6 Å². The molecule has 26 heavy (non-hydrogen) atoms. The second kappa shape index (κ2) is 6.81. The normalized spacial score (nSPS) is 11.8. The number of amides is 1. The van der Waals surface area contributed by atoms with E-state index in [2.05, 4.69) is 10.3 Å². The lowest BCUT2D eigenvalue weighted by Crippen LogP contribution is -2.17. The van der Waals surface area contributed by atoms with Crippen molar-refractivity contribution in [2.24, 2.45) is 0 Å². The highest BCUT2D eigenvalue weighted by atomic mass is 35.5. The minimum absolute atomic E-state index is 0.00419. The van der Waals surface area contributed by atoms with Gasteiger partial charge >= 0.3 is 6.18 Å². The molecule has 4 nitrogen and oxygen atoms in total. The average Bonchev–Trinajstić information content (AvgIpc) is 2.93. The number of aryl methyl sites for hydroxylation is 1. The van der Waals surface area contributed by atoms with Crippen molar-refractivity contribution in [2.75, 3.05) is 5.32 Å². The summed E-state index contributed by atoms with van der Waals surface area (Å²) < 4.78 is 40.4. The Morgan fingerprint density at radius 3 is 2.62 bits per heavy atom. The summed E-state index contributed by atoms with van der Waals surface area (Å²) in [6.07, 6.45) is -3.44. The van der Waals surface area contributed by atoms with Gasteiger partial charge < -0.3 is 5.32 Å². The third-order valence-corrected chi connectivity index (χ3v) is 4.22. The number of fused-ring (bicyclic) bond motifs is 1. The van der Waals surface area contributed by atoms with Crippen LogP contribution in [0.25, 0.3) is 5.65 Å². The minimum atomic E-state index is -4.60. The zero-order valence-electron chi connectivity index (χ0n) is 13.4. The summed E-state index contributed by atoms with van der Waals surface area (Å²) in [5.74, 6) is -0.605. The Labute approximate surface area is 156 Å². The van der Waals surface area contributed by atoms with Crippen LogP contribution >= 0.6 is 23.2 Å². The molecule has 0 saturated heterocycles. The third-order valence-electron chi connectivity index (χ3n) is 3.71. The van der Waals surface area contributed by atoms with Crippen molar-refractivity contribution in [3.05, 3.63) is 63.5 Å². The van der Waals surface area contributed by atoms with Gasteiger partial charge in [-0.1, -0.05) is 36.2 Å². The largest absolute Gasteiger partial charge is 0.417 e. The van der Waals surface area contributed by atoms with Crippen molar-refractivity contribution in [3.63, 3.8) is 0 Å². The number of benzene rings is 1. The number of rotatable bonds is 3. The summed E-state index contributed by atoms with van der Waals surface area (Å²) in [4.78, 5) is 16.9. The molecule has 0 atom stereocenters. The Morgan fingerprint density at radius 2 is 2.00 bits per heavy atom. The van der Waals surface area contributed by atoms with Gasteiger partial charge in [0.25, 0.3) is 5.91 Å². The second-order valence-corrected chi connectivity index (χ2v) is 6.34. The van der Waals surface area contributed by atoms with Gasteiger partial charge in [-0.3, -0.25) is 9.20 Å². The Morgan fingerprint density at radius 1 is 1.27 bits per heavy atom. The van der Waals surface area contributed by atoms with Crippen molar-refractivity contribution in [1.29, 1.82) is 0 Å². The first-order valence-corrected chi connectivity index (χ1v) is 8.31. The van der Waals surface area contributed by atoms with Crippen molar-refractivity contribution in [3.8, 4) is 0 Å². The van der Waals surface area contributed by atoms with Gasteiger partial charge in [0.05, 0.1) is 16.3 Å². The Bertz CT molecular complexity index is 999. The summed E-state index contributed by atoms with van der Waals surface area (Å²) in [5.41, 5.74) is -0.126. The van der Waals surface area contributed by atoms with E-state index in [0.717, 1.165) is 16.7 Å². The zero-order valence-corrected chi connectivity index (χ0v) is 14.9. The maximum Gasteiger partial charge on any atom is 0.417 e. The van der Waals surface area contributed by atoms with E-state index in [4.69, 9.17) is 23.2 Å². The summed E-state index contributed by atoms with van der Waals surface area (Å²) in [6.45, 7) is 1.75. The maximum absolute atomic E-state index is 13.1. The Hall–Kier alpha value is -2.25. The predicted octanol–water partition coefficient (Wildman–Crippen LogP) is 5.47. The lowest BCUT2D eigenvalue weighted by molar-refractivity contribution is -0.137. The SMILES string of the molecule is CCc1nc2c(Cl)cc(C(F)(F)F)cn2c1C(=O)Nc1cccc(Cl)c1. The molecule has 2 aromatic heterocycles. The molecule has 1 N–H and O–H groups in total. The van der Waals surface area contributed by atoms with Crippen LogP contribution in [0.3, 0.4) is 0 Å². The van der Waals surface area contributed by atoms with Crippen LogP contribution < -0.4 is 5.32 Å². The van der Waals surface area contributed by atoms with E-state index in [1.807, 2.05) is 0 Å².